The molecular weight excluding hydrogens is 376 g/mol. The van der Waals surface area contributed by atoms with Gasteiger partial charge in [0.15, 0.2) is 5.11 Å². The lowest BCUT2D eigenvalue weighted by Gasteiger charge is -2.19. The van der Waals surface area contributed by atoms with Crippen LogP contribution >= 0.6 is 12.2 Å². The Bertz CT molecular complexity index is 910. The zero-order chi connectivity index (χ0) is 20.1. The van der Waals surface area contributed by atoms with E-state index in [9.17, 15) is 9.59 Å². The number of rotatable bonds is 6. The van der Waals surface area contributed by atoms with Gasteiger partial charge in [-0.15, -0.1) is 0 Å². The van der Waals surface area contributed by atoms with Crippen LogP contribution in [0.15, 0.2) is 60.3 Å². The number of thiocarbonyl (C=S) groups is 1. The second kappa shape index (κ2) is 8.67. The first-order valence-corrected chi connectivity index (χ1v) is 9.18. The number of carbonyl (C=O) groups excluding carboxylic acids is 2. The van der Waals surface area contributed by atoms with Crippen LogP contribution in [0.2, 0.25) is 0 Å². The molecule has 0 spiro atoms. The SMILES string of the molecule is CCOc1ccc(N2C(=O)/C(=C/c3ccccc3)N(CC(=O)OC)C2=S)cc1. The molecule has 1 amide bonds. The highest BCUT2D eigenvalue weighted by atomic mass is 32.1. The van der Waals surface area contributed by atoms with Crippen LogP contribution in [0.25, 0.3) is 6.08 Å². The maximum absolute atomic E-state index is 13.2. The Kier molecular flexibility index (Phi) is 6.06. The van der Waals surface area contributed by atoms with E-state index < -0.39 is 5.97 Å². The Hall–Kier alpha value is -3.19. The number of benzene rings is 2. The summed E-state index contributed by atoms with van der Waals surface area (Å²) in [5.74, 6) is -0.0835. The summed E-state index contributed by atoms with van der Waals surface area (Å²) in [4.78, 5) is 27.9. The van der Waals surface area contributed by atoms with Crippen LogP contribution in [0.5, 0.6) is 5.75 Å². The Morgan fingerprint density at radius 2 is 1.79 bits per heavy atom. The number of amides is 1. The first-order chi connectivity index (χ1) is 13.5. The van der Waals surface area contributed by atoms with E-state index in [1.165, 1.54) is 16.9 Å². The summed E-state index contributed by atoms with van der Waals surface area (Å²) in [6.07, 6.45) is 1.71. The second-order valence-electron chi connectivity index (χ2n) is 5.95. The molecule has 2 aromatic rings. The van der Waals surface area contributed by atoms with Gasteiger partial charge in [0, 0.05) is 0 Å². The third-order valence-corrected chi connectivity index (χ3v) is 4.56. The van der Waals surface area contributed by atoms with Gasteiger partial charge in [-0.3, -0.25) is 14.5 Å². The number of carbonyl (C=O) groups is 2. The van der Waals surface area contributed by atoms with Crippen molar-refractivity contribution < 1.29 is 19.1 Å². The first-order valence-electron chi connectivity index (χ1n) is 8.77. The molecule has 0 radical (unpaired) electrons. The largest absolute Gasteiger partial charge is 0.494 e. The average Bonchev–Trinajstić information content (AvgIpc) is 2.93. The molecule has 0 N–H and O–H groups in total. The van der Waals surface area contributed by atoms with Gasteiger partial charge in [0.1, 0.15) is 18.0 Å². The molecule has 7 heteroatoms. The van der Waals surface area contributed by atoms with Gasteiger partial charge in [-0.1, -0.05) is 30.3 Å². The van der Waals surface area contributed by atoms with E-state index in [-0.39, 0.29) is 17.6 Å². The Labute approximate surface area is 169 Å². The van der Waals surface area contributed by atoms with Crippen molar-refractivity contribution >= 4 is 41.0 Å². The Morgan fingerprint density at radius 3 is 2.39 bits per heavy atom. The summed E-state index contributed by atoms with van der Waals surface area (Å²) >= 11 is 5.52. The minimum absolute atomic E-state index is 0.146. The number of esters is 1. The van der Waals surface area contributed by atoms with Crippen LogP contribution in [0.3, 0.4) is 0 Å². The van der Waals surface area contributed by atoms with Crippen molar-refractivity contribution in [3.05, 3.63) is 65.9 Å². The lowest BCUT2D eigenvalue weighted by atomic mass is 10.2. The number of methoxy groups -OCH3 is 1. The fraction of sp³-hybridized carbons (Fsp3) is 0.190. The average molecular weight is 396 g/mol. The highest BCUT2D eigenvalue weighted by molar-refractivity contribution is 7.80. The molecule has 1 saturated heterocycles. The molecule has 1 fully saturated rings. The van der Waals surface area contributed by atoms with Gasteiger partial charge in [0.25, 0.3) is 5.91 Å². The van der Waals surface area contributed by atoms with Gasteiger partial charge >= 0.3 is 5.97 Å². The van der Waals surface area contributed by atoms with E-state index in [2.05, 4.69) is 0 Å². The van der Waals surface area contributed by atoms with Crippen molar-refractivity contribution in [1.82, 2.24) is 4.90 Å². The third kappa shape index (κ3) is 4.04. The van der Waals surface area contributed by atoms with Gasteiger partial charge in [-0.05, 0) is 55.0 Å². The molecule has 1 aliphatic heterocycles. The zero-order valence-electron chi connectivity index (χ0n) is 15.6. The standard InChI is InChI=1S/C21H20N2O4S/c1-3-27-17-11-9-16(10-12-17)23-20(25)18(13-15-7-5-4-6-8-15)22(21(23)28)14-19(24)26-2/h4-13H,3,14H2,1-2H3/b18-13-. The monoisotopic (exact) mass is 396 g/mol. The van der Waals surface area contributed by atoms with E-state index in [1.807, 2.05) is 37.3 Å². The lowest BCUT2D eigenvalue weighted by Crippen LogP contribution is -2.35. The number of hydrogen-bond acceptors (Lipinski definition) is 5. The van der Waals surface area contributed by atoms with E-state index in [0.717, 1.165) is 5.56 Å². The summed E-state index contributed by atoms with van der Waals surface area (Å²) < 4.78 is 10.2. The highest BCUT2D eigenvalue weighted by Crippen LogP contribution is 2.30. The molecule has 3 rings (SSSR count). The van der Waals surface area contributed by atoms with Crippen LogP contribution in [0.4, 0.5) is 5.69 Å². The number of hydrogen-bond donors (Lipinski definition) is 0. The van der Waals surface area contributed by atoms with Crippen LogP contribution in [0.1, 0.15) is 12.5 Å². The quantitative estimate of drug-likeness (QED) is 0.425. The van der Waals surface area contributed by atoms with Gasteiger partial charge in [-0.2, -0.15) is 0 Å². The topological polar surface area (TPSA) is 59.1 Å². The van der Waals surface area contributed by atoms with Gasteiger partial charge in [-0.25, -0.2) is 0 Å². The molecule has 28 heavy (non-hydrogen) atoms. The zero-order valence-corrected chi connectivity index (χ0v) is 16.4. The predicted molar refractivity (Wildman–Crippen MR) is 111 cm³/mol. The number of anilines is 1. The third-order valence-electron chi connectivity index (χ3n) is 4.16. The molecule has 0 atom stereocenters. The number of nitrogens with zero attached hydrogens (tertiary/aromatic N) is 2. The Balaban J connectivity index is 1.98. The van der Waals surface area contributed by atoms with Crippen molar-refractivity contribution in [2.75, 3.05) is 25.2 Å². The highest BCUT2D eigenvalue weighted by Gasteiger charge is 2.40. The lowest BCUT2D eigenvalue weighted by molar-refractivity contribution is -0.140. The molecule has 0 saturated carbocycles. The minimum Gasteiger partial charge on any atom is -0.494 e. The van der Waals surface area contributed by atoms with E-state index in [1.54, 1.807) is 30.3 Å². The predicted octanol–water partition coefficient (Wildman–Crippen LogP) is 3.23. The minimum atomic E-state index is -0.484. The molecule has 144 valence electrons. The summed E-state index contributed by atoms with van der Waals surface area (Å²) in [5.41, 5.74) is 1.75. The van der Waals surface area contributed by atoms with Gasteiger partial charge in [0.05, 0.1) is 19.4 Å². The van der Waals surface area contributed by atoms with Crippen molar-refractivity contribution in [3.8, 4) is 5.75 Å². The summed E-state index contributed by atoms with van der Waals surface area (Å²) in [7, 11) is 1.30. The molecule has 1 heterocycles. The molecule has 0 bridgehead atoms. The number of ether oxygens (including phenoxy) is 2. The van der Waals surface area contributed by atoms with Crippen LogP contribution < -0.4 is 9.64 Å². The molecular formula is C21H20N2O4S. The van der Waals surface area contributed by atoms with Crippen molar-refractivity contribution in [1.29, 1.82) is 0 Å². The summed E-state index contributed by atoms with van der Waals surface area (Å²) in [5, 5.41) is 0.224. The molecule has 6 nitrogen and oxygen atoms in total. The maximum Gasteiger partial charge on any atom is 0.325 e. The van der Waals surface area contributed by atoms with E-state index in [4.69, 9.17) is 21.7 Å². The van der Waals surface area contributed by atoms with E-state index >= 15 is 0 Å². The van der Waals surface area contributed by atoms with Crippen molar-refractivity contribution in [2.24, 2.45) is 0 Å². The summed E-state index contributed by atoms with van der Waals surface area (Å²) in [6, 6.07) is 16.5. The molecule has 0 aromatic heterocycles. The summed E-state index contributed by atoms with van der Waals surface area (Å²) in [6.45, 7) is 2.31. The van der Waals surface area contributed by atoms with Crippen LogP contribution in [-0.4, -0.2) is 42.2 Å². The van der Waals surface area contributed by atoms with Gasteiger partial charge < -0.3 is 14.4 Å². The fourth-order valence-electron chi connectivity index (χ4n) is 2.82. The van der Waals surface area contributed by atoms with Crippen molar-refractivity contribution in [3.63, 3.8) is 0 Å². The molecule has 1 aliphatic rings. The molecule has 0 unspecified atom stereocenters. The Morgan fingerprint density at radius 1 is 1.11 bits per heavy atom. The second-order valence-corrected chi connectivity index (χ2v) is 6.32. The smallest absolute Gasteiger partial charge is 0.325 e. The molecule has 0 aliphatic carbocycles. The van der Waals surface area contributed by atoms with Crippen molar-refractivity contribution in [2.45, 2.75) is 6.92 Å². The first kappa shape index (κ1) is 19.6. The van der Waals surface area contributed by atoms with Crippen LogP contribution in [0, 0.1) is 0 Å². The fourth-order valence-corrected chi connectivity index (χ4v) is 3.17. The molecule has 2 aromatic carbocycles. The maximum atomic E-state index is 13.2. The normalized spacial score (nSPS) is 15.3. The van der Waals surface area contributed by atoms with Crippen LogP contribution in [-0.2, 0) is 14.3 Å². The van der Waals surface area contributed by atoms with E-state index in [0.29, 0.717) is 23.7 Å². The van der Waals surface area contributed by atoms with Gasteiger partial charge in [0.2, 0.25) is 0 Å².